The predicted octanol–water partition coefficient (Wildman–Crippen LogP) is 1.97. The molecule has 0 aliphatic heterocycles. The van der Waals surface area contributed by atoms with Crippen LogP contribution in [0.3, 0.4) is 0 Å². The summed E-state index contributed by atoms with van der Waals surface area (Å²) in [7, 11) is 0. The van der Waals surface area contributed by atoms with Gasteiger partial charge in [-0.05, 0) is 18.2 Å². The molecule has 0 saturated heterocycles. The lowest BCUT2D eigenvalue weighted by atomic mass is 10.4. The lowest BCUT2D eigenvalue weighted by Gasteiger charge is -1.96. The Morgan fingerprint density at radius 2 is 2.44 bits per heavy atom. The Kier molecular flexibility index (Phi) is 7.63. The highest BCUT2D eigenvalue weighted by Crippen LogP contribution is 1.97. The summed E-state index contributed by atoms with van der Waals surface area (Å²) in [5, 5.41) is 9.99. The highest BCUT2D eigenvalue weighted by atomic mass is 32.2. The summed E-state index contributed by atoms with van der Waals surface area (Å²) in [4.78, 5) is 0. The Hall–Kier alpha value is -0.200. The summed E-state index contributed by atoms with van der Waals surface area (Å²) in [6.45, 7) is 2.89. The fourth-order valence-electron chi connectivity index (χ4n) is 0.373. The van der Waals surface area contributed by atoms with Crippen LogP contribution in [-0.2, 0) is 4.74 Å². The maximum absolute atomic E-state index is 8.06. The number of rotatable bonds is 5. The monoisotopic (exact) mass is 145 g/mol. The van der Waals surface area contributed by atoms with Gasteiger partial charge in [-0.2, -0.15) is 5.26 Å². The number of thioether (sulfide) groups is 1. The molecule has 0 atom stereocenters. The van der Waals surface area contributed by atoms with Crippen LogP contribution in [0.25, 0.3) is 0 Å². The Morgan fingerprint density at radius 1 is 1.67 bits per heavy atom. The number of thiocyanates is 1. The molecule has 0 saturated carbocycles. The molecule has 0 rings (SSSR count). The second kappa shape index (κ2) is 7.80. The standard InChI is InChI=1S/C6H11NOS/c1-2-3-4-8-6-9-5-7/h2-4,6H2,1H3. The van der Waals surface area contributed by atoms with Gasteiger partial charge in [0.05, 0.1) is 0 Å². The Morgan fingerprint density at radius 3 is 3.00 bits per heavy atom. The highest BCUT2D eigenvalue weighted by Gasteiger charge is 1.84. The SMILES string of the molecule is CCCCOCSC#N. The van der Waals surface area contributed by atoms with E-state index in [2.05, 4.69) is 6.92 Å². The van der Waals surface area contributed by atoms with Gasteiger partial charge in [0.2, 0.25) is 0 Å². The predicted molar refractivity (Wildman–Crippen MR) is 38.9 cm³/mol. The summed E-state index contributed by atoms with van der Waals surface area (Å²) >= 11 is 1.14. The smallest absolute Gasteiger partial charge is 0.135 e. The Labute approximate surface area is 60.2 Å². The van der Waals surface area contributed by atoms with Crippen LogP contribution in [0.2, 0.25) is 0 Å². The van der Waals surface area contributed by atoms with Crippen molar-refractivity contribution in [3.63, 3.8) is 0 Å². The topological polar surface area (TPSA) is 33.0 Å². The second-order valence-electron chi connectivity index (χ2n) is 1.62. The molecule has 0 bridgehead atoms. The van der Waals surface area contributed by atoms with Gasteiger partial charge in [0.25, 0.3) is 0 Å². The Bertz CT molecular complexity index is 89.5. The van der Waals surface area contributed by atoms with Crippen LogP contribution in [0.4, 0.5) is 0 Å². The van der Waals surface area contributed by atoms with Gasteiger partial charge in [-0.25, -0.2) is 0 Å². The molecular weight excluding hydrogens is 134 g/mol. The van der Waals surface area contributed by atoms with Crippen molar-refractivity contribution in [1.82, 2.24) is 0 Å². The van der Waals surface area contributed by atoms with Gasteiger partial charge in [0.1, 0.15) is 11.3 Å². The third-order valence-corrected chi connectivity index (χ3v) is 1.26. The molecule has 0 aromatic heterocycles. The fraction of sp³-hybridized carbons (Fsp3) is 0.833. The first-order valence-electron chi connectivity index (χ1n) is 3.00. The van der Waals surface area contributed by atoms with E-state index in [-0.39, 0.29) is 0 Å². The minimum atomic E-state index is 0.510. The molecule has 0 unspecified atom stereocenters. The van der Waals surface area contributed by atoms with E-state index in [0.29, 0.717) is 5.94 Å². The first-order chi connectivity index (χ1) is 4.41. The first kappa shape index (κ1) is 8.80. The minimum Gasteiger partial charge on any atom is -0.370 e. The molecule has 3 heteroatoms. The van der Waals surface area contributed by atoms with Gasteiger partial charge in [0, 0.05) is 6.61 Å². The average Bonchev–Trinajstić information content (AvgIpc) is 1.89. The zero-order chi connectivity index (χ0) is 6.95. The van der Waals surface area contributed by atoms with E-state index >= 15 is 0 Å². The number of unbranched alkanes of at least 4 members (excludes halogenated alkanes) is 1. The zero-order valence-electron chi connectivity index (χ0n) is 5.59. The van der Waals surface area contributed by atoms with Gasteiger partial charge in [-0.15, -0.1) is 0 Å². The molecule has 0 radical (unpaired) electrons. The normalized spacial score (nSPS) is 8.89. The molecule has 9 heavy (non-hydrogen) atoms. The van der Waals surface area contributed by atoms with E-state index in [1.54, 1.807) is 0 Å². The highest BCUT2D eigenvalue weighted by molar-refractivity contribution is 8.03. The van der Waals surface area contributed by atoms with E-state index in [1.165, 1.54) is 0 Å². The number of ether oxygens (including phenoxy) is 1. The molecule has 0 heterocycles. The molecule has 52 valence electrons. The summed E-state index contributed by atoms with van der Waals surface area (Å²) in [6.07, 6.45) is 2.24. The minimum absolute atomic E-state index is 0.510. The van der Waals surface area contributed by atoms with Gasteiger partial charge in [-0.1, -0.05) is 13.3 Å². The molecule has 0 spiro atoms. The van der Waals surface area contributed by atoms with Crippen LogP contribution in [-0.4, -0.2) is 12.5 Å². The molecule has 0 amide bonds. The lowest BCUT2D eigenvalue weighted by molar-refractivity contribution is 0.179. The third kappa shape index (κ3) is 7.80. The van der Waals surface area contributed by atoms with Crippen LogP contribution in [0, 0.1) is 10.7 Å². The van der Waals surface area contributed by atoms with Crippen LogP contribution in [0.15, 0.2) is 0 Å². The number of nitriles is 1. The fourth-order valence-corrected chi connectivity index (χ4v) is 0.627. The van der Waals surface area contributed by atoms with E-state index in [0.717, 1.165) is 31.2 Å². The van der Waals surface area contributed by atoms with Crippen molar-refractivity contribution >= 4 is 11.8 Å². The molecular formula is C6H11NOS. The first-order valence-corrected chi connectivity index (χ1v) is 3.99. The zero-order valence-corrected chi connectivity index (χ0v) is 6.41. The van der Waals surface area contributed by atoms with Crippen LogP contribution in [0.5, 0.6) is 0 Å². The van der Waals surface area contributed by atoms with E-state index in [1.807, 2.05) is 5.40 Å². The van der Waals surface area contributed by atoms with Crippen molar-refractivity contribution in [3.8, 4) is 5.40 Å². The van der Waals surface area contributed by atoms with Crippen LogP contribution < -0.4 is 0 Å². The van der Waals surface area contributed by atoms with Crippen LogP contribution in [0.1, 0.15) is 19.8 Å². The largest absolute Gasteiger partial charge is 0.370 e. The van der Waals surface area contributed by atoms with E-state index in [4.69, 9.17) is 10.00 Å². The lowest BCUT2D eigenvalue weighted by Crippen LogP contribution is -1.91. The van der Waals surface area contributed by atoms with Gasteiger partial charge in [0.15, 0.2) is 0 Å². The van der Waals surface area contributed by atoms with E-state index in [9.17, 15) is 0 Å². The number of hydrogen-bond acceptors (Lipinski definition) is 3. The molecule has 0 aromatic carbocycles. The average molecular weight is 145 g/mol. The maximum atomic E-state index is 8.06. The maximum Gasteiger partial charge on any atom is 0.135 e. The van der Waals surface area contributed by atoms with Crippen molar-refractivity contribution in [3.05, 3.63) is 0 Å². The van der Waals surface area contributed by atoms with Crippen molar-refractivity contribution in [2.24, 2.45) is 0 Å². The van der Waals surface area contributed by atoms with Crippen molar-refractivity contribution in [1.29, 1.82) is 5.26 Å². The van der Waals surface area contributed by atoms with Crippen LogP contribution >= 0.6 is 11.8 Å². The van der Waals surface area contributed by atoms with Gasteiger partial charge in [-0.3, -0.25) is 0 Å². The van der Waals surface area contributed by atoms with Gasteiger partial charge >= 0.3 is 0 Å². The summed E-state index contributed by atoms with van der Waals surface area (Å²) in [5.74, 6) is 0.510. The quantitative estimate of drug-likeness (QED) is 0.337. The molecule has 0 aromatic rings. The van der Waals surface area contributed by atoms with Crippen molar-refractivity contribution in [2.75, 3.05) is 12.5 Å². The molecule has 0 fully saturated rings. The third-order valence-electron chi connectivity index (χ3n) is 0.849. The van der Waals surface area contributed by atoms with E-state index < -0.39 is 0 Å². The molecule has 0 aliphatic carbocycles. The molecule has 2 nitrogen and oxygen atoms in total. The molecule has 0 N–H and O–H groups in total. The summed E-state index contributed by atoms with van der Waals surface area (Å²) in [6, 6.07) is 0. The molecule has 0 aliphatic rings. The summed E-state index contributed by atoms with van der Waals surface area (Å²) in [5.41, 5.74) is 0. The number of hydrogen-bond donors (Lipinski definition) is 0. The van der Waals surface area contributed by atoms with Crippen molar-refractivity contribution < 1.29 is 4.74 Å². The summed E-state index contributed by atoms with van der Waals surface area (Å²) < 4.78 is 5.05. The number of nitrogens with zero attached hydrogens (tertiary/aromatic N) is 1. The van der Waals surface area contributed by atoms with Gasteiger partial charge < -0.3 is 4.74 Å². The Balaban J connectivity index is 2.69. The van der Waals surface area contributed by atoms with Crippen molar-refractivity contribution in [2.45, 2.75) is 19.8 Å². The second-order valence-corrected chi connectivity index (χ2v) is 2.32.